The van der Waals surface area contributed by atoms with Crippen LogP contribution in [0.15, 0.2) is 42.5 Å². The van der Waals surface area contributed by atoms with Crippen LogP contribution >= 0.6 is 11.6 Å². The molecule has 0 aliphatic rings. The van der Waals surface area contributed by atoms with Gasteiger partial charge in [0, 0.05) is 10.6 Å². The van der Waals surface area contributed by atoms with Gasteiger partial charge in [-0.2, -0.15) is 0 Å². The summed E-state index contributed by atoms with van der Waals surface area (Å²) < 4.78 is 0. The predicted molar refractivity (Wildman–Crippen MR) is 110 cm³/mol. The molecule has 0 fully saturated rings. The van der Waals surface area contributed by atoms with Crippen molar-refractivity contribution in [2.45, 2.75) is 27.7 Å². The van der Waals surface area contributed by atoms with Crippen molar-refractivity contribution in [2.24, 2.45) is 0 Å². The molecule has 136 valence electrons. The van der Waals surface area contributed by atoms with Crippen LogP contribution < -0.4 is 0 Å². The summed E-state index contributed by atoms with van der Waals surface area (Å²) in [6, 6.07) is 13.5. The Morgan fingerprint density at radius 1 is 0.815 bits per heavy atom. The van der Waals surface area contributed by atoms with Crippen LogP contribution in [-0.2, 0) is 0 Å². The van der Waals surface area contributed by atoms with Crippen molar-refractivity contribution in [3.05, 3.63) is 69.7 Å². The number of aryl methyl sites for hydroxylation is 4. The fourth-order valence-corrected chi connectivity index (χ4v) is 3.87. The van der Waals surface area contributed by atoms with Gasteiger partial charge in [-0.1, -0.05) is 29.3 Å². The Bertz CT molecular complexity index is 1170. The normalized spacial score (nSPS) is 11.3. The van der Waals surface area contributed by atoms with Crippen LogP contribution in [0.5, 0.6) is 5.75 Å². The van der Waals surface area contributed by atoms with Crippen LogP contribution in [0.1, 0.15) is 22.3 Å². The number of nitrogens with zero attached hydrogens (tertiary/aromatic N) is 3. The van der Waals surface area contributed by atoms with Gasteiger partial charge >= 0.3 is 0 Å². The number of phenols is 1. The molecule has 1 N–H and O–H groups in total. The summed E-state index contributed by atoms with van der Waals surface area (Å²) in [7, 11) is 0. The van der Waals surface area contributed by atoms with E-state index in [0.29, 0.717) is 16.2 Å². The molecule has 4 rings (SSSR count). The minimum absolute atomic E-state index is 0.169. The molecule has 0 radical (unpaired) electrons. The molecule has 27 heavy (non-hydrogen) atoms. The first-order valence-corrected chi connectivity index (χ1v) is 9.16. The molecule has 0 saturated heterocycles. The lowest BCUT2D eigenvalue weighted by Gasteiger charge is -2.16. The number of aromatic hydroxyl groups is 1. The second kappa shape index (κ2) is 6.39. The summed E-state index contributed by atoms with van der Waals surface area (Å²) in [6.07, 6.45) is 0. The molecule has 0 unspecified atom stereocenters. The summed E-state index contributed by atoms with van der Waals surface area (Å²) in [5.41, 5.74) is 8.29. The SMILES string of the molecule is Cc1cc(C)c(-c2cc(C)cc(-n3nc4ccc(Cl)cc4n3)c2O)c(C)c1. The average molecular weight is 378 g/mol. The van der Waals surface area contributed by atoms with Gasteiger partial charge in [-0.3, -0.25) is 0 Å². The highest BCUT2D eigenvalue weighted by Gasteiger charge is 2.17. The maximum Gasteiger partial charge on any atom is 0.150 e. The van der Waals surface area contributed by atoms with E-state index < -0.39 is 0 Å². The third-order valence-electron chi connectivity index (χ3n) is 4.74. The molecule has 0 atom stereocenters. The van der Waals surface area contributed by atoms with Crippen molar-refractivity contribution in [1.82, 2.24) is 15.0 Å². The summed E-state index contributed by atoms with van der Waals surface area (Å²) >= 11 is 6.06. The summed E-state index contributed by atoms with van der Waals surface area (Å²) in [5, 5.41) is 20.7. The minimum Gasteiger partial charge on any atom is -0.505 e. The molecule has 0 spiro atoms. The van der Waals surface area contributed by atoms with E-state index in [2.05, 4.69) is 43.1 Å². The Labute approximate surface area is 163 Å². The van der Waals surface area contributed by atoms with E-state index in [-0.39, 0.29) is 5.75 Å². The molecule has 3 aromatic carbocycles. The molecule has 0 aliphatic carbocycles. The minimum atomic E-state index is 0.169. The number of fused-ring (bicyclic) bond motifs is 1. The van der Waals surface area contributed by atoms with Crippen LogP contribution in [0.4, 0.5) is 0 Å². The molecular formula is C22H20ClN3O. The van der Waals surface area contributed by atoms with Crippen LogP contribution in [0.3, 0.4) is 0 Å². The highest BCUT2D eigenvalue weighted by atomic mass is 35.5. The van der Waals surface area contributed by atoms with E-state index in [4.69, 9.17) is 11.6 Å². The van der Waals surface area contributed by atoms with Crippen LogP contribution in [0, 0.1) is 27.7 Å². The van der Waals surface area contributed by atoms with E-state index in [1.807, 2.05) is 25.1 Å². The molecule has 5 heteroatoms. The Morgan fingerprint density at radius 2 is 1.44 bits per heavy atom. The van der Waals surface area contributed by atoms with Gasteiger partial charge in [0.15, 0.2) is 5.75 Å². The lowest BCUT2D eigenvalue weighted by atomic mass is 9.92. The van der Waals surface area contributed by atoms with Gasteiger partial charge in [-0.05, 0) is 80.3 Å². The lowest BCUT2D eigenvalue weighted by molar-refractivity contribution is 0.469. The predicted octanol–water partition coefficient (Wildman–Crippen LogP) is 5.68. The molecule has 0 amide bonds. The lowest BCUT2D eigenvalue weighted by Crippen LogP contribution is -2.01. The van der Waals surface area contributed by atoms with Crippen LogP contribution in [0.25, 0.3) is 27.8 Å². The zero-order chi connectivity index (χ0) is 19.3. The zero-order valence-electron chi connectivity index (χ0n) is 15.7. The van der Waals surface area contributed by atoms with Gasteiger partial charge in [0.1, 0.15) is 16.7 Å². The molecule has 4 aromatic rings. The van der Waals surface area contributed by atoms with Crippen molar-refractivity contribution in [2.75, 3.05) is 0 Å². The number of rotatable bonds is 2. The van der Waals surface area contributed by atoms with Gasteiger partial charge in [0.25, 0.3) is 0 Å². The molecule has 1 aromatic heterocycles. The first-order chi connectivity index (χ1) is 12.8. The number of hydrogen-bond acceptors (Lipinski definition) is 3. The van der Waals surface area contributed by atoms with Crippen molar-refractivity contribution in [3.63, 3.8) is 0 Å². The highest BCUT2D eigenvalue weighted by Crippen LogP contribution is 2.39. The van der Waals surface area contributed by atoms with Gasteiger partial charge < -0.3 is 5.11 Å². The molecule has 0 bridgehead atoms. The van der Waals surface area contributed by atoms with Gasteiger partial charge in [0.2, 0.25) is 0 Å². The Hall–Kier alpha value is -2.85. The van der Waals surface area contributed by atoms with Crippen molar-refractivity contribution in [3.8, 4) is 22.6 Å². The van der Waals surface area contributed by atoms with Gasteiger partial charge in [-0.25, -0.2) is 0 Å². The molecule has 1 heterocycles. The van der Waals surface area contributed by atoms with E-state index in [9.17, 15) is 5.11 Å². The average Bonchev–Trinajstić information content (AvgIpc) is 2.99. The topological polar surface area (TPSA) is 50.9 Å². The number of hydrogen-bond donors (Lipinski definition) is 1. The van der Waals surface area contributed by atoms with Crippen LogP contribution in [0.2, 0.25) is 5.02 Å². The van der Waals surface area contributed by atoms with Gasteiger partial charge in [0.05, 0.1) is 0 Å². The Kier molecular flexibility index (Phi) is 4.16. The number of phenolic OH excluding ortho intramolecular Hbond substituents is 1. The monoisotopic (exact) mass is 377 g/mol. The largest absolute Gasteiger partial charge is 0.505 e. The number of benzene rings is 3. The van der Waals surface area contributed by atoms with E-state index in [1.54, 1.807) is 12.1 Å². The summed E-state index contributed by atoms with van der Waals surface area (Å²) in [6.45, 7) is 8.22. The van der Waals surface area contributed by atoms with E-state index in [0.717, 1.165) is 33.3 Å². The fourth-order valence-electron chi connectivity index (χ4n) is 3.70. The zero-order valence-corrected chi connectivity index (χ0v) is 16.5. The third kappa shape index (κ3) is 3.06. The molecular weight excluding hydrogens is 358 g/mol. The highest BCUT2D eigenvalue weighted by molar-refractivity contribution is 6.31. The summed E-state index contributed by atoms with van der Waals surface area (Å²) in [4.78, 5) is 1.48. The van der Waals surface area contributed by atoms with E-state index in [1.165, 1.54) is 10.4 Å². The van der Waals surface area contributed by atoms with Gasteiger partial charge in [-0.15, -0.1) is 15.0 Å². The number of halogens is 1. The maximum atomic E-state index is 11.1. The second-order valence-electron chi connectivity index (χ2n) is 7.08. The standard InChI is InChI=1S/C22H20ClN3O/c1-12-7-14(3)21(15(4)8-12)17-9-13(2)10-20(22(17)27)26-24-18-6-5-16(23)11-19(18)25-26/h5-11,27H,1-4H3. The van der Waals surface area contributed by atoms with Crippen molar-refractivity contribution < 1.29 is 5.11 Å². The smallest absolute Gasteiger partial charge is 0.150 e. The fraction of sp³-hybridized carbons (Fsp3) is 0.182. The molecule has 0 saturated carbocycles. The first-order valence-electron chi connectivity index (χ1n) is 8.78. The molecule has 0 aliphatic heterocycles. The first kappa shape index (κ1) is 17.6. The molecule has 4 nitrogen and oxygen atoms in total. The maximum absolute atomic E-state index is 11.1. The van der Waals surface area contributed by atoms with Crippen molar-refractivity contribution >= 4 is 22.6 Å². The number of aromatic nitrogens is 3. The Morgan fingerprint density at radius 3 is 2.15 bits per heavy atom. The second-order valence-corrected chi connectivity index (χ2v) is 7.51. The summed E-state index contributed by atoms with van der Waals surface area (Å²) in [5.74, 6) is 0.169. The Balaban J connectivity index is 1.96. The van der Waals surface area contributed by atoms with Crippen LogP contribution in [-0.4, -0.2) is 20.1 Å². The quantitative estimate of drug-likeness (QED) is 0.489. The van der Waals surface area contributed by atoms with E-state index >= 15 is 0 Å². The van der Waals surface area contributed by atoms with Crippen molar-refractivity contribution in [1.29, 1.82) is 0 Å². The third-order valence-corrected chi connectivity index (χ3v) is 4.97.